The van der Waals surface area contributed by atoms with Gasteiger partial charge >= 0.3 is 0 Å². The molecule has 2 fully saturated rings. The predicted octanol–water partition coefficient (Wildman–Crippen LogP) is 3.09. The summed E-state index contributed by atoms with van der Waals surface area (Å²) in [6, 6.07) is 10.7. The molecular weight excluding hydrogens is 440 g/mol. The van der Waals surface area contributed by atoms with Gasteiger partial charge in [-0.3, -0.25) is 9.69 Å². The first-order chi connectivity index (χ1) is 16.3. The van der Waals surface area contributed by atoms with E-state index < -0.39 is 5.60 Å². The number of amides is 1. The van der Waals surface area contributed by atoms with E-state index in [0.29, 0.717) is 45.1 Å². The number of rotatable bonds is 7. The van der Waals surface area contributed by atoms with Crippen molar-refractivity contribution in [2.75, 3.05) is 59.5 Å². The Morgan fingerprint density at radius 2 is 1.74 bits per heavy atom. The molecule has 2 aliphatic rings. The fourth-order valence-electron chi connectivity index (χ4n) is 4.54. The lowest BCUT2D eigenvalue weighted by molar-refractivity contribution is -0.157. The molecule has 0 bridgehead atoms. The molecular formula is C26H33F2N3O3. The van der Waals surface area contributed by atoms with Crippen LogP contribution in [0.2, 0.25) is 0 Å². The van der Waals surface area contributed by atoms with E-state index in [2.05, 4.69) is 16.8 Å². The van der Waals surface area contributed by atoms with Crippen molar-refractivity contribution in [1.29, 1.82) is 0 Å². The maximum atomic E-state index is 13.9. The maximum absolute atomic E-state index is 13.9. The number of ether oxygens (including phenoxy) is 2. The van der Waals surface area contributed by atoms with Crippen LogP contribution in [-0.2, 0) is 16.1 Å². The summed E-state index contributed by atoms with van der Waals surface area (Å²) in [5, 5.41) is 0. The van der Waals surface area contributed by atoms with Gasteiger partial charge in [0.2, 0.25) is 5.91 Å². The molecule has 0 N–H and O–H groups in total. The molecule has 0 aliphatic carbocycles. The molecule has 6 nitrogen and oxygen atoms in total. The zero-order valence-corrected chi connectivity index (χ0v) is 19.9. The molecule has 0 radical (unpaired) electrons. The largest absolute Gasteiger partial charge is 0.491 e. The summed E-state index contributed by atoms with van der Waals surface area (Å²) in [7, 11) is 2.05. The Hall–Kier alpha value is -2.55. The van der Waals surface area contributed by atoms with Gasteiger partial charge in [0.1, 0.15) is 29.6 Å². The number of hydrogen-bond acceptors (Lipinski definition) is 5. The van der Waals surface area contributed by atoms with Crippen molar-refractivity contribution in [3.05, 3.63) is 65.2 Å². The molecule has 184 valence electrons. The van der Waals surface area contributed by atoms with Crippen molar-refractivity contribution < 1.29 is 23.0 Å². The average Bonchev–Trinajstić information content (AvgIpc) is 2.82. The molecule has 0 saturated carbocycles. The highest BCUT2D eigenvalue weighted by Gasteiger charge is 2.41. The lowest BCUT2D eigenvalue weighted by atomic mass is 9.96. The molecule has 4 rings (SSSR count). The van der Waals surface area contributed by atoms with Gasteiger partial charge in [0.05, 0.1) is 13.0 Å². The van der Waals surface area contributed by atoms with E-state index in [-0.39, 0.29) is 30.6 Å². The van der Waals surface area contributed by atoms with Gasteiger partial charge in [-0.15, -0.1) is 0 Å². The Morgan fingerprint density at radius 3 is 2.47 bits per heavy atom. The molecule has 1 atom stereocenters. The van der Waals surface area contributed by atoms with Crippen LogP contribution in [-0.4, -0.2) is 85.7 Å². The van der Waals surface area contributed by atoms with Gasteiger partial charge in [-0.2, -0.15) is 0 Å². The summed E-state index contributed by atoms with van der Waals surface area (Å²) >= 11 is 0. The van der Waals surface area contributed by atoms with E-state index in [9.17, 15) is 13.6 Å². The number of morpholine rings is 1. The molecule has 2 aliphatic heterocycles. The summed E-state index contributed by atoms with van der Waals surface area (Å²) in [6.45, 7) is 7.36. The molecule has 0 spiro atoms. The SMILES string of the molecule is Cc1ccc(F)cc1CN1CCO[C@@](COc2ccc(F)cc2)(CC(=O)N2CCN(C)CC2)C1. The van der Waals surface area contributed by atoms with Crippen molar-refractivity contribution >= 4 is 5.91 Å². The van der Waals surface area contributed by atoms with Gasteiger partial charge in [-0.05, 0) is 61.5 Å². The van der Waals surface area contributed by atoms with Crippen molar-refractivity contribution in [3.8, 4) is 5.75 Å². The average molecular weight is 474 g/mol. The molecule has 1 amide bonds. The Bertz CT molecular complexity index is 980. The lowest BCUT2D eigenvalue weighted by Gasteiger charge is -2.43. The van der Waals surface area contributed by atoms with Crippen LogP contribution >= 0.6 is 0 Å². The standard InChI is InChI=1S/C26H33F2N3O3/c1-20-3-4-23(28)15-21(20)17-30-13-14-34-26(18-30,19-33-24-7-5-22(27)6-8-24)16-25(32)31-11-9-29(2)10-12-31/h3-8,15H,9-14,16-19H2,1-2H3/t26-/m0/s1. The van der Waals surface area contributed by atoms with E-state index in [0.717, 1.165) is 24.2 Å². The first-order valence-corrected chi connectivity index (χ1v) is 11.8. The highest BCUT2D eigenvalue weighted by Crippen LogP contribution is 2.27. The van der Waals surface area contributed by atoms with Gasteiger partial charge in [-0.25, -0.2) is 8.78 Å². The number of hydrogen-bond donors (Lipinski definition) is 0. The van der Waals surface area contributed by atoms with Crippen molar-refractivity contribution in [1.82, 2.24) is 14.7 Å². The molecule has 0 unspecified atom stereocenters. The number of piperazine rings is 1. The van der Waals surface area contributed by atoms with Gasteiger partial charge < -0.3 is 19.3 Å². The molecule has 34 heavy (non-hydrogen) atoms. The minimum Gasteiger partial charge on any atom is -0.491 e. The summed E-state index contributed by atoms with van der Waals surface area (Å²) in [5.41, 5.74) is 1.09. The van der Waals surface area contributed by atoms with Crippen LogP contribution in [0.4, 0.5) is 8.78 Å². The molecule has 2 aromatic carbocycles. The summed E-state index contributed by atoms with van der Waals surface area (Å²) in [5.74, 6) is -0.0306. The zero-order chi connectivity index (χ0) is 24.1. The summed E-state index contributed by atoms with van der Waals surface area (Å²) in [4.78, 5) is 19.5. The quantitative estimate of drug-likeness (QED) is 0.619. The van der Waals surface area contributed by atoms with E-state index in [1.807, 2.05) is 11.8 Å². The topological polar surface area (TPSA) is 45.3 Å². The first-order valence-electron chi connectivity index (χ1n) is 11.8. The van der Waals surface area contributed by atoms with E-state index in [1.165, 1.54) is 18.2 Å². The number of likely N-dealkylation sites (N-methyl/N-ethyl adjacent to an activating group) is 1. The van der Waals surface area contributed by atoms with Crippen LogP contribution < -0.4 is 4.74 Å². The first kappa shape index (κ1) is 24.6. The Kier molecular flexibility index (Phi) is 7.80. The summed E-state index contributed by atoms with van der Waals surface area (Å²) in [6.07, 6.45) is 0.191. The lowest BCUT2D eigenvalue weighted by Crippen LogP contribution is -2.58. The van der Waals surface area contributed by atoms with Crippen molar-refractivity contribution in [2.45, 2.75) is 25.5 Å². The Labute approximate surface area is 200 Å². The Morgan fingerprint density at radius 1 is 1.03 bits per heavy atom. The maximum Gasteiger partial charge on any atom is 0.225 e. The second kappa shape index (κ2) is 10.8. The highest BCUT2D eigenvalue weighted by molar-refractivity contribution is 5.77. The third-order valence-corrected chi connectivity index (χ3v) is 6.68. The highest BCUT2D eigenvalue weighted by atomic mass is 19.1. The smallest absolute Gasteiger partial charge is 0.225 e. The normalized spacial score (nSPS) is 22.1. The third kappa shape index (κ3) is 6.31. The number of aryl methyl sites for hydroxylation is 1. The van der Waals surface area contributed by atoms with Gasteiger partial charge in [0, 0.05) is 45.8 Å². The number of nitrogens with zero attached hydrogens (tertiary/aromatic N) is 3. The predicted molar refractivity (Wildman–Crippen MR) is 126 cm³/mol. The number of benzene rings is 2. The molecule has 2 heterocycles. The number of halogens is 2. The van der Waals surface area contributed by atoms with Gasteiger partial charge in [0.15, 0.2) is 0 Å². The number of carbonyl (C=O) groups is 1. The van der Waals surface area contributed by atoms with Crippen LogP contribution in [0.25, 0.3) is 0 Å². The van der Waals surface area contributed by atoms with Crippen molar-refractivity contribution in [3.63, 3.8) is 0 Å². The monoisotopic (exact) mass is 473 g/mol. The molecule has 8 heteroatoms. The van der Waals surface area contributed by atoms with Crippen LogP contribution in [0.3, 0.4) is 0 Å². The second-order valence-electron chi connectivity index (χ2n) is 9.42. The molecule has 2 saturated heterocycles. The van der Waals surface area contributed by atoms with Gasteiger partial charge in [-0.1, -0.05) is 6.07 Å². The van der Waals surface area contributed by atoms with E-state index in [1.54, 1.807) is 24.3 Å². The third-order valence-electron chi connectivity index (χ3n) is 6.68. The van der Waals surface area contributed by atoms with Crippen LogP contribution in [0.15, 0.2) is 42.5 Å². The minimum atomic E-state index is -0.853. The second-order valence-corrected chi connectivity index (χ2v) is 9.42. The summed E-state index contributed by atoms with van der Waals surface area (Å²) < 4.78 is 39.4. The van der Waals surface area contributed by atoms with Crippen LogP contribution in [0.5, 0.6) is 5.75 Å². The van der Waals surface area contributed by atoms with E-state index in [4.69, 9.17) is 9.47 Å². The molecule has 2 aromatic rings. The van der Waals surface area contributed by atoms with Gasteiger partial charge in [0.25, 0.3) is 0 Å². The minimum absolute atomic E-state index is 0.0413. The fourth-order valence-corrected chi connectivity index (χ4v) is 4.54. The number of carbonyl (C=O) groups excluding carboxylic acids is 1. The van der Waals surface area contributed by atoms with E-state index >= 15 is 0 Å². The van der Waals surface area contributed by atoms with Crippen molar-refractivity contribution in [2.24, 2.45) is 0 Å². The van der Waals surface area contributed by atoms with Crippen LogP contribution in [0.1, 0.15) is 17.5 Å². The Balaban J connectivity index is 1.50. The molecule has 0 aromatic heterocycles. The zero-order valence-electron chi connectivity index (χ0n) is 19.9. The fraction of sp³-hybridized carbons (Fsp3) is 0.500. The van der Waals surface area contributed by atoms with Crippen LogP contribution in [0, 0.1) is 18.6 Å².